The zero-order valence-electron chi connectivity index (χ0n) is 13.1. The maximum atomic E-state index is 11.9. The van der Waals surface area contributed by atoms with Crippen LogP contribution in [-0.4, -0.2) is 24.0 Å². The van der Waals surface area contributed by atoms with Crippen LogP contribution in [0.1, 0.15) is 26.3 Å². The number of fused-ring (bicyclic) bond motifs is 1. The van der Waals surface area contributed by atoms with Crippen LogP contribution in [0.4, 0.5) is 5.69 Å². The number of nitrogens with two attached hydrogens (primary N) is 2. The second-order valence-corrected chi connectivity index (χ2v) is 6.33. The third kappa shape index (κ3) is 2.69. The molecule has 0 aliphatic heterocycles. The lowest BCUT2D eigenvalue weighted by Crippen LogP contribution is -2.10. The summed E-state index contributed by atoms with van der Waals surface area (Å²) in [6, 6.07) is 8.48. The van der Waals surface area contributed by atoms with Gasteiger partial charge in [0.05, 0.1) is 22.9 Å². The second kappa shape index (κ2) is 5.93. The molecule has 0 radical (unpaired) electrons. The van der Waals surface area contributed by atoms with Gasteiger partial charge < -0.3 is 16.2 Å². The Morgan fingerprint density at radius 1 is 1.21 bits per heavy atom. The van der Waals surface area contributed by atoms with Gasteiger partial charge in [-0.1, -0.05) is 0 Å². The first kappa shape index (κ1) is 15.9. The molecule has 7 heteroatoms. The van der Waals surface area contributed by atoms with Gasteiger partial charge in [-0.05, 0) is 42.8 Å². The second-order valence-electron chi connectivity index (χ2n) is 5.30. The molecule has 1 amide bonds. The molecule has 3 aromatic rings. The molecule has 122 valence electrons. The predicted octanol–water partition coefficient (Wildman–Crippen LogP) is 2.74. The van der Waals surface area contributed by atoms with Gasteiger partial charge in [0.2, 0.25) is 5.91 Å². The summed E-state index contributed by atoms with van der Waals surface area (Å²) in [5, 5.41) is 0.710. The van der Waals surface area contributed by atoms with Crippen LogP contribution in [0, 0.1) is 6.92 Å². The predicted molar refractivity (Wildman–Crippen MR) is 94.1 cm³/mol. The lowest BCUT2D eigenvalue weighted by Gasteiger charge is -2.09. The number of hydrogen-bond acceptors (Lipinski definition) is 6. The third-order valence-corrected chi connectivity index (χ3v) is 4.81. The molecular weight excluding hydrogens is 326 g/mol. The first-order chi connectivity index (χ1) is 11.4. The standard InChI is InChI=1S/C17H15N3O3S/c1-8-11(6-10(18)7-12(8)17(22)23-2)16-20-13-5-9(15(19)21)3-4-14(13)24-16/h3-7H,18H2,1-2H3,(H2,19,21). The fraction of sp³-hybridized carbons (Fsp3) is 0.118. The number of aromatic nitrogens is 1. The summed E-state index contributed by atoms with van der Waals surface area (Å²) in [7, 11) is 1.33. The number of carbonyl (C=O) groups is 2. The Kier molecular flexibility index (Phi) is 3.94. The first-order valence-electron chi connectivity index (χ1n) is 7.10. The van der Waals surface area contributed by atoms with Crippen molar-refractivity contribution in [2.24, 2.45) is 5.73 Å². The van der Waals surface area contributed by atoms with Crippen LogP contribution >= 0.6 is 11.3 Å². The summed E-state index contributed by atoms with van der Waals surface area (Å²) in [6.45, 7) is 1.82. The van der Waals surface area contributed by atoms with Gasteiger partial charge in [0, 0.05) is 16.8 Å². The zero-order valence-corrected chi connectivity index (χ0v) is 13.9. The number of carbonyl (C=O) groups excluding carboxylic acids is 2. The van der Waals surface area contributed by atoms with E-state index < -0.39 is 11.9 Å². The molecule has 0 saturated heterocycles. The smallest absolute Gasteiger partial charge is 0.338 e. The van der Waals surface area contributed by atoms with Gasteiger partial charge in [0.15, 0.2) is 0 Å². The van der Waals surface area contributed by atoms with Gasteiger partial charge in [0.1, 0.15) is 5.01 Å². The average molecular weight is 341 g/mol. The van der Waals surface area contributed by atoms with Crippen molar-refractivity contribution in [3.8, 4) is 10.6 Å². The van der Waals surface area contributed by atoms with E-state index in [4.69, 9.17) is 16.2 Å². The SMILES string of the molecule is COC(=O)c1cc(N)cc(-c2nc3cc(C(N)=O)ccc3s2)c1C. The summed E-state index contributed by atoms with van der Waals surface area (Å²) in [5.41, 5.74) is 14.7. The average Bonchev–Trinajstić information content (AvgIpc) is 2.98. The highest BCUT2D eigenvalue weighted by molar-refractivity contribution is 7.21. The topological polar surface area (TPSA) is 108 Å². The highest BCUT2D eigenvalue weighted by Gasteiger charge is 2.17. The number of ether oxygens (including phenoxy) is 1. The number of thiazole rings is 1. The summed E-state index contributed by atoms with van der Waals surface area (Å²) >= 11 is 1.45. The highest BCUT2D eigenvalue weighted by atomic mass is 32.1. The Labute approximate surface area is 142 Å². The fourth-order valence-electron chi connectivity index (χ4n) is 2.48. The maximum absolute atomic E-state index is 11.9. The summed E-state index contributed by atoms with van der Waals surface area (Å²) in [4.78, 5) is 27.8. The maximum Gasteiger partial charge on any atom is 0.338 e. The molecule has 0 fully saturated rings. The van der Waals surface area contributed by atoms with Crippen LogP contribution in [0.5, 0.6) is 0 Å². The molecule has 0 spiro atoms. The molecule has 3 rings (SSSR count). The molecule has 0 aliphatic rings. The molecule has 0 unspecified atom stereocenters. The van der Waals surface area contributed by atoms with Gasteiger partial charge in [-0.15, -0.1) is 11.3 Å². The van der Waals surface area contributed by atoms with E-state index in [1.807, 2.05) is 6.92 Å². The largest absolute Gasteiger partial charge is 0.465 e. The van der Waals surface area contributed by atoms with E-state index >= 15 is 0 Å². The number of methoxy groups -OCH3 is 1. The molecule has 0 bridgehead atoms. The minimum absolute atomic E-state index is 0.402. The van der Waals surface area contributed by atoms with E-state index in [1.54, 1.807) is 30.3 Å². The van der Waals surface area contributed by atoms with Crippen LogP contribution in [0.25, 0.3) is 20.8 Å². The Bertz CT molecular complexity index is 979. The number of benzene rings is 2. The molecule has 6 nitrogen and oxygen atoms in total. The first-order valence-corrected chi connectivity index (χ1v) is 7.91. The van der Waals surface area contributed by atoms with Crippen LogP contribution in [0.3, 0.4) is 0 Å². The lowest BCUT2D eigenvalue weighted by molar-refractivity contribution is 0.0600. The van der Waals surface area contributed by atoms with Crippen LogP contribution < -0.4 is 11.5 Å². The Hall–Kier alpha value is -2.93. The van der Waals surface area contributed by atoms with E-state index in [0.29, 0.717) is 27.3 Å². The lowest BCUT2D eigenvalue weighted by atomic mass is 10.0. The number of nitrogens with zero attached hydrogens (tertiary/aromatic N) is 1. The number of primary amides is 1. The third-order valence-electron chi connectivity index (χ3n) is 3.74. The van der Waals surface area contributed by atoms with Gasteiger partial charge in [-0.25, -0.2) is 9.78 Å². The van der Waals surface area contributed by atoms with E-state index in [2.05, 4.69) is 4.98 Å². The molecule has 1 aromatic heterocycles. The molecule has 0 aliphatic carbocycles. The summed E-state index contributed by atoms with van der Waals surface area (Å²) in [6.07, 6.45) is 0. The van der Waals surface area contributed by atoms with Crippen molar-refractivity contribution in [2.45, 2.75) is 6.92 Å². The van der Waals surface area contributed by atoms with Gasteiger partial charge in [-0.3, -0.25) is 4.79 Å². The fourth-order valence-corrected chi connectivity index (χ4v) is 3.50. The van der Waals surface area contributed by atoms with Crippen LogP contribution in [0.15, 0.2) is 30.3 Å². The van der Waals surface area contributed by atoms with Crippen molar-refractivity contribution in [1.29, 1.82) is 0 Å². The van der Waals surface area contributed by atoms with Crippen molar-refractivity contribution in [1.82, 2.24) is 4.98 Å². The van der Waals surface area contributed by atoms with Crippen molar-refractivity contribution < 1.29 is 14.3 Å². The highest BCUT2D eigenvalue weighted by Crippen LogP contribution is 2.35. The number of amides is 1. The van der Waals surface area contributed by atoms with E-state index in [0.717, 1.165) is 15.8 Å². The molecule has 24 heavy (non-hydrogen) atoms. The molecule has 1 heterocycles. The molecule has 2 aromatic carbocycles. The zero-order chi connectivity index (χ0) is 17.4. The summed E-state index contributed by atoms with van der Waals surface area (Å²) < 4.78 is 5.71. The van der Waals surface area contributed by atoms with Crippen molar-refractivity contribution in [3.05, 3.63) is 47.0 Å². The van der Waals surface area contributed by atoms with Gasteiger partial charge >= 0.3 is 5.97 Å². The normalized spacial score (nSPS) is 10.8. The van der Waals surface area contributed by atoms with Crippen molar-refractivity contribution in [3.63, 3.8) is 0 Å². The minimum Gasteiger partial charge on any atom is -0.465 e. The number of anilines is 1. The van der Waals surface area contributed by atoms with E-state index in [1.165, 1.54) is 18.4 Å². The Balaban J connectivity index is 2.18. The van der Waals surface area contributed by atoms with Crippen molar-refractivity contribution >= 4 is 39.1 Å². The van der Waals surface area contributed by atoms with Gasteiger partial charge in [-0.2, -0.15) is 0 Å². The minimum atomic E-state index is -0.500. The number of rotatable bonds is 3. The van der Waals surface area contributed by atoms with Crippen molar-refractivity contribution in [2.75, 3.05) is 12.8 Å². The number of esters is 1. The number of nitrogen functional groups attached to an aromatic ring is 1. The monoisotopic (exact) mass is 341 g/mol. The van der Waals surface area contributed by atoms with E-state index in [-0.39, 0.29) is 0 Å². The number of hydrogen-bond donors (Lipinski definition) is 2. The molecule has 4 N–H and O–H groups in total. The summed E-state index contributed by atoms with van der Waals surface area (Å²) in [5.74, 6) is -0.947. The molecule has 0 atom stereocenters. The quantitative estimate of drug-likeness (QED) is 0.562. The Morgan fingerprint density at radius 2 is 1.96 bits per heavy atom. The molecular formula is C17H15N3O3S. The van der Waals surface area contributed by atoms with Gasteiger partial charge in [0.25, 0.3) is 0 Å². The van der Waals surface area contributed by atoms with Crippen LogP contribution in [0.2, 0.25) is 0 Å². The molecule has 0 saturated carbocycles. The Morgan fingerprint density at radius 3 is 2.62 bits per heavy atom. The van der Waals surface area contributed by atoms with Crippen LogP contribution in [-0.2, 0) is 4.74 Å². The van der Waals surface area contributed by atoms with E-state index in [9.17, 15) is 9.59 Å².